The van der Waals surface area contributed by atoms with Gasteiger partial charge in [0.25, 0.3) is 5.91 Å². The van der Waals surface area contributed by atoms with Gasteiger partial charge in [-0.1, -0.05) is 50.1 Å². The van der Waals surface area contributed by atoms with Crippen LogP contribution in [0.3, 0.4) is 0 Å². The summed E-state index contributed by atoms with van der Waals surface area (Å²) in [4.78, 5) is 12.9. The zero-order valence-electron chi connectivity index (χ0n) is 18.7. The lowest BCUT2D eigenvalue weighted by Gasteiger charge is -2.27. The zero-order valence-corrected chi connectivity index (χ0v) is 19.5. The second-order valence-corrected chi connectivity index (χ2v) is 8.23. The summed E-state index contributed by atoms with van der Waals surface area (Å²) < 4.78 is 0. The normalized spacial score (nSPS) is 15.5. The molecule has 7 heteroatoms. The van der Waals surface area contributed by atoms with Crippen LogP contribution in [0.25, 0.3) is 0 Å². The second-order valence-electron chi connectivity index (χ2n) is 7.80. The molecule has 0 bridgehead atoms. The third-order valence-corrected chi connectivity index (χ3v) is 5.23. The number of aliphatic hydroxyl groups is 1. The van der Waals surface area contributed by atoms with Crippen molar-refractivity contribution in [3.63, 3.8) is 0 Å². The number of aliphatic hydroxyl groups excluding tert-OH is 1. The summed E-state index contributed by atoms with van der Waals surface area (Å²) >= 11 is 6.04. The van der Waals surface area contributed by atoms with Crippen molar-refractivity contribution in [3.8, 4) is 0 Å². The van der Waals surface area contributed by atoms with Crippen LogP contribution in [-0.4, -0.2) is 29.7 Å². The Morgan fingerprint density at radius 2 is 1.93 bits per heavy atom. The molecule has 0 saturated heterocycles. The first-order chi connectivity index (χ1) is 14.2. The molecule has 1 aromatic carbocycles. The second kappa shape index (κ2) is 13.2. The smallest absolute Gasteiger partial charge is 0.267 e. The summed E-state index contributed by atoms with van der Waals surface area (Å²) in [5.41, 5.74) is 7.25. The van der Waals surface area contributed by atoms with Crippen LogP contribution in [0, 0.1) is 5.92 Å². The van der Waals surface area contributed by atoms with Crippen molar-refractivity contribution in [2.75, 3.05) is 6.61 Å². The first kappa shape index (κ1) is 25.9. The summed E-state index contributed by atoms with van der Waals surface area (Å²) in [7, 11) is 0. The van der Waals surface area contributed by atoms with E-state index < -0.39 is 6.04 Å². The average molecular weight is 437 g/mol. The summed E-state index contributed by atoms with van der Waals surface area (Å²) in [6, 6.07) is 6.87. The lowest BCUT2D eigenvalue weighted by molar-refractivity contribution is -0.119. The molecule has 0 saturated carbocycles. The third-order valence-electron chi connectivity index (χ3n) is 4.99. The van der Waals surface area contributed by atoms with E-state index in [1.807, 2.05) is 32.9 Å². The van der Waals surface area contributed by atoms with Crippen LogP contribution in [0.2, 0.25) is 5.02 Å². The van der Waals surface area contributed by atoms with Crippen LogP contribution in [0.15, 0.2) is 47.9 Å². The van der Waals surface area contributed by atoms with Crippen LogP contribution in [0.5, 0.6) is 0 Å². The highest BCUT2D eigenvalue weighted by atomic mass is 35.5. The number of rotatable bonds is 12. The molecule has 168 valence electrons. The van der Waals surface area contributed by atoms with Gasteiger partial charge >= 0.3 is 0 Å². The molecule has 0 aromatic heterocycles. The van der Waals surface area contributed by atoms with E-state index in [-0.39, 0.29) is 24.6 Å². The Balaban J connectivity index is 2.89. The van der Waals surface area contributed by atoms with Crippen LogP contribution >= 0.6 is 11.6 Å². The minimum atomic E-state index is -0.541. The lowest BCUT2D eigenvalue weighted by atomic mass is 9.95. The molecular formula is C23H37ClN4O2. The van der Waals surface area contributed by atoms with Gasteiger partial charge in [0.05, 0.1) is 24.2 Å². The molecule has 1 amide bonds. The number of carbonyl (C=O) groups excluding carboxylic acids is 1. The maximum atomic E-state index is 12.9. The topological polar surface area (TPSA) is 99.4 Å². The molecule has 1 aromatic rings. The molecule has 0 fully saturated rings. The molecule has 6 N–H and O–H groups in total. The number of nitrogens with two attached hydrogens (primary N) is 1. The number of benzene rings is 1. The SMILES string of the molecule is C/C=C(\N[C@@H](C/C=C(\N)NC(C)C)[C@H](C)CC)C(=O)N[C@H](CO)c1cccc(Cl)c1. The van der Waals surface area contributed by atoms with E-state index >= 15 is 0 Å². The van der Waals surface area contributed by atoms with Gasteiger partial charge < -0.3 is 26.8 Å². The van der Waals surface area contributed by atoms with Gasteiger partial charge in [0.15, 0.2) is 0 Å². The molecule has 0 aliphatic heterocycles. The highest BCUT2D eigenvalue weighted by molar-refractivity contribution is 6.30. The molecule has 0 radical (unpaired) electrons. The largest absolute Gasteiger partial charge is 0.394 e. The fourth-order valence-corrected chi connectivity index (χ4v) is 3.24. The van der Waals surface area contributed by atoms with Crippen molar-refractivity contribution in [3.05, 3.63) is 58.5 Å². The molecule has 0 aliphatic rings. The van der Waals surface area contributed by atoms with E-state index in [0.717, 1.165) is 12.0 Å². The van der Waals surface area contributed by atoms with E-state index in [0.29, 0.717) is 28.9 Å². The van der Waals surface area contributed by atoms with E-state index in [1.54, 1.807) is 24.3 Å². The Morgan fingerprint density at radius 1 is 1.23 bits per heavy atom. The molecule has 0 aliphatic carbocycles. The minimum Gasteiger partial charge on any atom is -0.394 e. The van der Waals surface area contributed by atoms with Gasteiger partial charge in [-0.3, -0.25) is 4.79 Å². The minimum absolute atomic E-state index is 0.0400. The number of amides is 1. The molecule has 1 rings (SSSR count). The van der Waals surface area contributed by atoms with Gasteiger partial charge in [-0.15, -0.1) is 0 Å². The Bertz CT molecular complexity index is 734. The molecule has 0 unspecified atom stereocenters. The maximum absolute atomic E-state index is 12.9. The summed E-state index contributed by atoms with van der Waals surface area (Å²) in [6.07, 6.45) is 5.35. The van der Waals surface area contributed by atoms with Gasteiger partial charge in [0.2, 0.25) is 0 Å². The summed E-state index contributed by atoms with van der Waals surface area (Å²) in [6.45, 7) is 9.92. The summed E-state index contributed by atoms with van der Waals surface area (Å²) in [5, 5.41) is 19.8. The fourth-order valence-electron chi connectivity index (χ4n) is 3.04. The monoisotopic (exact) mass is 436 g/mol. The number of hydrogen-bond acceptors (Lipinski definition) is 5. The Labute approximate surface area is 186 Å². The molecular weight excluding hydrogens is 400 g/mol. The summed E-state index contributed by atoms with van der Waals surface area (Å²) in [5.74, 6) is 0.687. The maximum Gasteiger partial charge on any atom is 0.267 e. The van der Waals surface area contributed by atoms with Crippen molar-refractivity contribution >= 4 is 17.5 Å². The average Bonchev–Trinajstić information content (AvgIpc) is 2.70. The van der Waals surface area contributed by atoms with Crippen LogP contribution in [0.1, 0.15) is 59.1 Å². The zero-order chi connectivity index (χ0) is 22.7. The number of halogens is 1. The van der Waals surface area contributed by atoms with E-state index in [1.165, 1.54) is 0 Å². The highest BCUT2D eigenvalue weighted by Gasteiger charge is 2.21. The number of hydrogen-bond donors (Lipinski definition) is 5. The van der Waals surface area contributed by atoms with Crippen molar-refractivity contribution in [2.24, 2.45) is 11.7 Å². The van der Waals surface area contributed by atoms with Gasteiger partial charge in [-0.2, -0.15) is 0 Å². The third kappa shape index (κ3) is 8.67. The van der Waals surface area contributed by atoms with E-state index in [2.05, 4.69) is 29.8 Å². The van der Waals surface area contributed by atoms with Crippen LogP contribution in [0.4, 0.5) is 0 Å². The molecule has 3 atom stereocenters. The van der Waals surface area contributed by atoms with Crippen molar-refractivity contribution in [1.29, 1.82) is 0 Å². The molecule has 0 spiro atoms. The van der Waals surface area contributed by atoms with Gasteiger partial charge in [0, 0.05) is 17.1 Å². The predicted molar refractivity (Wildman–Crippen MR) is 125 cm³/mol. The Hall–Kier alpha value is -2.18. The molecule has 6 nitrogen and oxygen atoms in total. The van der Waals surface area contributed by atoms with Crippen molar-refractivity contribution in [2.45, 2.75) is 65.6 Å². The first-order valence-corrected chi connectivity index (χ1v) is 10.9. The standard InChI is InChI=1S/C23H37ClN4O2/c1-6-16(5)20(11-12-22(25)26-15(3)4)27-19(7-2)23(30)28-21(14-29)17-9-8-10-18(24)13-17/h7-10,12-13,15-16,20-21,26-27,29H,6,11,14,25H2,1-5H3,(H,28,30)/b19-7-,22-12+/t16-,20+,21-/m1/s1. The van der Waals surface area contributed by atoms with E-state index in [4.69, 9.17) is 17.3 Å². The van der Waals surface area contributed by atoms with Gasteiger partial charge in [-0.05, 0) is 56.9 Å². The lowest BCUT2D eigenvalue weighted by Crippen LogP contribution is -2.42. The first-order valence-electron chi connectivity index (χ1n) is 10.5. The number of carbonyl (C=O) groups is 1. The fraction of sp³-hybridized carbons (Fsp3) is 0.522. The Morgan fingerprint density at radius 3 is 2.47 bits per heavy atom. The van der Waals surface area contributed by atoms with Gasteiger partial charge in [-0.25, -0.2) is 0 Å². The van der Waals surface area contributed by atoms with Crippen LogP contribution in [-0.2, 0) is 4.79 Å². The number of allylic oxidation sites excluding steroid dienone is 1. The molecule has 30 heavy (non-hydrogen) atoms. The molecule has 0 heterocycles. The van der Waals surface area contributed by atoms with Crippen molar-refractivity contribution < 1.29 is 9.90 Å². The quantitative estimate of drug-likeness (QED) is 0.322. The number of nitrogens with one attached hydrogen (secondary N) is 3. The van der Waals surface area contributed by atoms with Crippen LogP contribution < -0.4 is 21.7 Å². The predicted octanol–water partition coefficient (Wildman–Crippen LogP) is 3.59. The highest BCUT2D eigenvalue weighted by Crippen LogP contribution is 2.19. The van der Waals surface area contributed by atoms with Gasteiger partial charge in [0.1, 0.15) is 0 Å². The van der Waals surface area contributed by atoms with Crippen molar-refractivity contribution in [1.82, 2.24) is 16.0 Å². The Kier molecular flexibility index (Phi) is 11.4. The van der Waals surface area contributed by atoms with E-state index in [9.17, 15) is 9.90 Å².